The van der Waals surface area contributed by atoms with Gasteiger partial charge < -0.3 is 20.1 Å². The number of aryl methyl sites for hydroxylation is 1. The lowest BCUT2D eigenvalue weighted by atomic mass is 10.2. The Morgan fingerprint density at radius 2 is 1.78 bits per heavy atom. The van der Waals surface area contributed by atoms with E-state index >= 15 is 0 Å². The summed E-state index contributed by atoms with van der Waals surface area (Å²) in [7, 11) is 1.43. The van der Waals surface area contributed by atoms with E-state index in [2.05, 4.69) is 26.6 Å². The minimum absolute atomic E-state index is 0.144. The first-order valence-corrected chi connectivity index (χ1v) is 14.3. The van der Waals surface area contributed by atoms with Gasteiger partial charge in [0.05, 0.1) is 17.0 Å². The highest BCUT2D eigenvalue weighted by Crippen LogP contribution is 2.35. The summed E-state index contributed by atoms with van der Waals surface area (Å²) in [6.07, 6.45) is 1.51. The molecule has 0 radical (unpaired) electrons. The van der Waals surface area contributed by atoms with Crippen LogP contribution in [0, 0.1) is 6.92 Å². The average Bonchev–Trinajstić information content (AvgIpc) is 3.19. The smallest absolute Gasteiger partial charge is 0.294 e. The van der Waals surface area contributed by atoms with E-state index in [9.17, 15) is 19.2 Å². The molecule has 1 saturated heterocycles. The molecule has 1 aliphatic rings. The molecule has 0 bridgehead atoms. The summed E-state index contributed by atoms with van der Waals surface area (Å²) in [4.78, 5) is 51.3. The van der Waals surface area contributed by atoms with Crippen LogP contribution >= 0.6 is 50.9 Å². The minimum Gasteiger partial charge on any atom is -0.493 e. The number of carbonyl (C=O) groups is 4. The highest BCUT2D eigenvalue weighted by Gasteiger charge is 2.36. The van der Waals surface area contributed by atoms with Gasteiger partial charge >= 0.3 is 0 Å². The maximum Gasteiger partial charge on any atom is 0.294 e. The third-order valence-corrected chi connectivity index (χ3v) is 8.07. The molecule has 1 heterocycles. The number of nitrogens with zero attached hydrogens (tertiary/aromatic N) is 1. The van der Waals surface area contributed by atoms with Crippen LogP contribution in [0.3, 0.4) is 0 Å². The highest BCUT2D eigenvalue weighted by atomic mass is 79.9. The predicted octanol–water partition coefficient (Wildman–Crippen LogP) is 6.77. The van der Waals surface area contributed by atoms with Gasteiger partial charge in [-0.1, -0.05) is 35.3 Å². The lowest BCUT2D eigenvalue weighted by Gasteiger charge is -2.14. The van der Waals surface area contributed by atoms with Crippen LogP contribution in [0.25, 0.3) is 6.08 Å². The molecule has 0 spiro atoms. The van der Waals surface area contributed by atoms with Crippen LogP contribution in [0.4, 0.5) is 16.2 Å². The highest BCUT2D eigenvalue weighted by molar-refractivity contribution is 9.10. The van der Waals surface area contributed by atoms with Crippen molar-refractivity contribution in [3.8, 4) is 11.5 Å². The van der Waals surface area contributed by atoms with Crippen molar-refractivity contribution in [3.05, 3.63) is 85.1 Å². The van der Waals surface area contributed by atoms with Gasteiger partial charge in [0.15, 0.2) is 18.1 Å². The van der Waals surface area contributed by atoms with Gasteiger partial charge in [0.25, 0.3) is 17.1 Å². The zero-order valence-electron chi connectivity index (χ0n) is 21.6. The van der Waals surface area contributed by atoms with E-state index in [0.29, 0.717) is 43.0 Å². The van der Waals surface area contributed by atoms with Crippen LogP contribution in [0.15, 0.2) is 64.0 Å². The molecule has 0 aromatic heterocycles. The van der Waals surface area contributed by atoms with Crippen molar-refractivity contribution in [1.29, 1.82) is 0 Å². The number of halogens is 3. The van der Waals surface area contributed by atoms with E-state index in [1.807, 2.05) is 0 Å². The van der Waals surface area contributed by atoms with E-state index < -0.39 is 29.5 Å². The van der Waals surface area contributed by atoms with Crippen LogP contribution in [0.2, 0.25) is 10.0 Å². The van der Waals surface area contributed by atoms with Gasteiger partial charge in [0.1, 0.15) is 6.54 Å². The summed E-state index contributed by atoms with van der Waals surface area (Å²) in [5.41, 5.74) is 2.34. The summed E-state index contributed by atoms with van der Waals surface area (Å²) >= 11 is 16.1. The van der Waals surface area contributed by atoms with Gasteiger partial charge in [-0.2, -0.15) is 0 Å². The Labute approximate surface area is 258 Å². The second-order valence-electron chi connectivity index (χ2n) is 8.65. The average molecular weight is 679 g/mol. The molecule has 0 aliphatic carbocycles. The number of benzene rings is 3. The lowest BCUT2D eigenvalue weighted by Crippen LogP contribution is -2.36. The molecule has 0 saturated carbocycles. The van der Waals surface area contributed by atoms with E-state index in [1.54, 1.807) is 61.5 Å². The Hall–Kier alpha value is -3.51. The molecule has 1 aliphatic heterocycles. The largest absolute Gasteiger partial charge is 0.493 e. The number of anilines is 2. The Kier molecular flexibility index (Phi) is 9.98. The molecule has 41 heavy (non-hydrogen) atoms. The third-order valence-electron chi connectivity index (χ3n) is 5.70. The fourth-order valence-electron chi connectivity index (χ4n) is 3.66. The number of methoxy groups -OCH3 is 1. The molecule has 3 aromatic carbocycles. The number of hydrogen-bond donors (Lipinski definition) is 2. The second-order valence-corrected chi connectivity index (χ2v) is 11.3. The summed E-state index contributed by atoms with van der Waals surface area (Å²) in [5.74, 6) is -0.919. The van der Waals surface area contributed by atoms with E-state index in [4.69, 9.17) is 32.7 Å². The van der Waals surface area contributed by atoms with Crippen molar-refractivity contribution < 1.29 is 28.7 Å². The monoisotopic (exact) mass is 677 g/mol. The number of amides is 4. The fourth-order valence-corrected chi connectivity index (χ4v) is 5.09. The molecular formula is C28H22BrCl2N3O6S. The van der Waals surface area contributed by atoms with Gasteiger partial charge in [-0.3, -0.25) is 24.1 Å². The summed E-state index contributed by atoms with van der Waals surface area (Å²) in [5, 5.41) is 5.70. The first kappa shape index (κ1) is 30.4. The fraction of sp³-hybridized carbons (Fsp3) is 0.143. The van der Waals surface area contributed by atoms with Crippen molar-refractivity contribution in [3.63, 3.8) is 0 Å². The van der Waals surface area contributed by atoms with E-state index in [0.717, 1.165) is 22.2 Å². The predicted molar refractivity (Wildman–Crippen MR) is 164 cm³/mol. The minimum atomic E-state index is -0.595. The van der Waals surface area contributed by atoms with Crippen LogP contribution in [-0.4, -0.2) is 48.1 Å². The maximum atomic E-state index is 12.9. The lowest BCUT2D eigenvalue weighted by molar-refractivity contribution is -0.127. The number of thioether (sulfide) groups is 1. The van der Waals surface area contributed by atoms with Crippen molar-refractivity contribution in [2.24, 2.45) is 0 Å². The van der Waals surface area contributed by atoms with E-state index in [1.165, 1.54) is 13.2 Å². The number of hydrogen-bond acceptors (Lipinski definition) is 7. The van der Waals surface area contributed by atoms with Crippen LogP contribution < -0.4 is 20.1 Å². The summed E-state index contributed by atoms with van der Waals surface area (Å²) < 4.78 is 11.7. The molecule has 0 atom stereocenters. The van der Waals surface area contributed by atoms with Crippen LogP contribution in [0.1, 0.15) is 11.1 Å². The van der Waals surface area contributed by atoms with Gasteiger partial charge in [0.2, 0.25) is 5.91 Å². The molecule has 4 rings (SSSR count). The number of ether oxygens (including phenoxy) is 2. The summed E-state index contributed by atoms with van der Waals surface area (Å²) in [6, 6.07) is 14.9. The van der Waals surface area contributed by atoms with Gasteiger partial charge in [-0.15, -0.1) is 0 Å². The molecule has 212 valence electrons. The Morgan fingerprint density at radius 3 is 2.51 bits per heavy atom. The van der Waals surface area contributed by atoms with Gasteiger partial charge in [-0.05, 0) is 94.3 Å². The molecule has 0 unspecified atom stereocenters. The second kappa shape index (κ2) is 13.4. The Morgan fingerprint density at radius 1 is 1.00 bits per heavy atom. The first-order valence-electron chi connectivity index (χ1n) is 11.9. The first-order chi connectivity index (χ1) is 19.5. The zero-order chi connectivity index (χ0) is 29.7. The maximum absolute atomic E-state index is 12.9. The number of carbonyl (C=O) groups excluding carboxylic acids is 4. The van der Waals surface area contributed by atoms with E-state index in [-0.39, 0.29) is 11.5 Å². The standard InChI is InChI=1S/C28H22BrCl2N3O6S/c1-15-3-5-17(30)11-21(15)33-25(35)13-34-27(37)24(41-28(34)38)10-16-4-8-22(23(9-16)39-2)40-14-26(36)32-18-6-7-19(29)20(31)12-18/h3-12H,13-14H2,1-2H3,(H,32,36)(H,33,35)/b24-10+. The number of nitrogens with one attached hydrogen (secondary N) is 2. The molecule has 1 fully saturated rings. The molecule has 13 heteroatoms. The van der Waals surface area contributed by atoms with Crippen molar-refractivity contribution in [2.75, 3.05) is 30.9 Å². The van der Waals surface area contributed by atoms with Gasteiger partial charge in [0, 0.05) is 20.9 Å². The molecule has 4 amide bonds. The Bertz CT molecular complexity index is 1580. The SMILES string of the molecule is COc1cc(/C=C2/SC(=O)N(CC(=O)Nc3cc(Cl)ccc3C)C2=O)ccc1OCC(=O)Nc1ccc(Br)c(Cl)c1. The van der Waals surface area contributed by atoms with Crippen molar-refractivity contribution in [1.82, 2.24) is 4.90 Å². The van der Waals surface area contributed by atoms with Crippen molar-refractivity contribution >= 4 is 91.3 Å². The normalized spacial score (nSPS) is 13.9. The third kappa shape index (κ3) is 7.82. The number of rotatable bonds is 9. The van der Waals surface area contributed by atoms with Crippen LogP contribution in [0.5, 0.6) is 11.5 Å². The zero-order valence-corrected chi connectivity index (χ0v) is 25.5. The molecule has 2 N–H and O–H groups in total. The van der Waals surface area contributed by atoms with Gasteiger partial charge in [-0.25, -0.2) is 0 Å². The molecule has 9 nitrogen and oxygen atoms in total. The molecular weight excluding hydrogens is 657 g/mol. The van der Waals surface area contributed by atoms with Crippen LogP contribution in [-0.2, 0) is 14.4 Å². The molecule has 3 aromatic rings. The summed E-state index contributed by atoms with van der Waals surface area (Å²) in [6.45, 7) is 1.06. The topological polar surface area (TPSA) is 114 Å². The quantitative estimate of drug-likeness (QED) is 0.240. The Balaban J connectivity index is 1.38. The van der Waals surface area contributed by atoms with Crippen molar-refractivity contribution in [2.45, 2.75) is 6.92 Å². The number of imide groups is 1.